The lowest BCUT2D eigenvalue weighted by molar-refractivity contribution is 0.100. The highest BCUT2D eigenvalue weighted by atomic mass is 16.5. The number of furan rings is 1. The molecule has 156 valence electrons. The van der Waals surface area contributed by atoms with Crippen molar-refractivity contribution < 1.29 is 23.5 Å². The van der Waals surface area contributed by atoms with Crippen molar-refractivity contribution in [3.63, 3.8) is 0 Å². The molecular formula is C24H20N2O5. The first-order chi connectivity index (χ1) is 15.0. The van der Waals surface area contributed by atoms with E-state index in [0.717, 1.165) is 5.39 Å². The molecule has 4 aromatic rings. The summed E-state index contributed by atoms with van der Waals surface area (Å²) in [5.41, 5.74) is 2.53. The maximum Gasteiger partial charge on any atom is 0.257 e. The van der Waals surface area contributed by atoms with E-state index in [-0.39, 0.29) is 17.5 Å². The van der Waals surface area contributed by atoms with Crippen LogP contribution in [0.1, 0.15) is 32.0 Å². The van der Waals surface area contributed by atoms with E-state index in [0.29, 0.717) is 39.5 Å². The zero-order chi connectivity index (χ0) is 22.0. The molecule has 31 heavy (non-hydrogen) atoms. The lowest BCUT2D eigenvalue weighted by Crippen LogP contribution is -2.11. The van der Waals surface area contributed by atoms with Crippen LogP contribution < -0.4 is 14.8 Å². The molecule has 0 atom stereocenters. The van der Waals surface area contributed by atoms with Gasteiger partial charge in [0, 0.05) is 35.1 Å². The van der Waals surface area contributed by atoms with E-state index in [4.69, 9.17) is 13.9 Å². The Morgan fingerprint density at radius 2 is 1.87 bits per heavy atom. The summed E-state index contributed by atoms with van der Waals surface area (Å²) < 4.78 is 16.5. The fourth-order valence-electron chi connectivity index (χ4n) is 3.33. The molecule has 2 aromatic carbocycles. The number of hydrogen-bond donors (Lipinski definition) is 1. The number of carbonyl (C=O) groups is 2. The third-order valence-corrected chi connectivity index (χ3v) is 4.98. The molecule has 0 spiro atoms. The van der Waals surface area contributed by atoms with Gasteiger partial charge in [0.25, 0.3) is 5.91 Å². The molecule has 7 nitrogen and oxygen atoms in total. The maximum atomic E-state index is 13.2. The van der Waals surface area contributed by atoms with Crippen molar-refractivity contribution in [1.82, 2.24) is 4.98 Å². The Bertz CT molecular complexity index is 1280. The summed E-state index contributed by atoms with van der Waals surface area (Å²) >= 11 is 0. The van der Waals surface area contributed by atoms with E-state index in [1.807, 2.05) is 13.0 Å². The minimum Gasteiger partial charge on any atom is -0.497 e. The minimum absolute atomic E-state index is 0.206. The number of aryl methyl sites for hydroxylation is 1. The number of anilines is 1. The first-order valence-corrected chi connectivity index (χ1v) is 9.53. The van der Waals surface area contributed by atoms with Gasteiger partial charge in [0.1, 0.15) is 17.1 Å². The van der Waals surface area contributed by atoms with E-state index in [1.54, 1.807) is 48.7 Å². The van der Waals surface area contributed by atoms with Gasteiger partial charge in [-0.15, -0.1) is 0 Å². The second-order valence-electron chi connectivity index (χ2n) is 6.86. The fourth-order valence-corrected chi connectivity index (χ4v) is 3.33. The third kappa shape index (κ3) is 3.85. The van der Waals surface area contributed by atoms with Gasteiger partial charge in [-0.05, 0) is 49.4 Å². The first kappa shape index (κ1) is 20.2. The quantitative estimate of drug-likeness (QED) is 0.461. The van der Waals surface area contributed by atoms with Gasteiger partial charge in [0.2, 0.25) is 5.78 Å². The van der Waals surface area contributed by atoms with Gasteiger partial charge in [0.15, 0.2) is 5.76 Å². The van der Waals surface area contributed by atoms with Gasteiger partial charge in [-0.1, -0.05) is 0 Å². The summed E-state index contributed by atoms with van der Waals surface area (Å²) in [6.45, 7) is 1.82. The summed E-state index contributed by atoms with van der Waals surface area (Å²) in [5.74, 6) is 0.573. The van der Waals surface area contributed by atoms with Crippen LogP contribution in [0.2, 0.25) is 0 Å². The molecular weight excluding hydrogens is 396 g/mol. The second-order valence-corrected chi connectivity index (χ2v) is 6.86. The maximum absolute atomic E-state index is 13.2. The molecule has 0 saturated heterocycles. The summed E-state index contributed by atoms with van der Waals surface area (Å²) in [6, 6.07) is 13.7. The number of ketones is 1. The molecule has 0 aliphatic carbocycles. The highest BCUT2D eigenvalue weighted by molar-refractivity contribution is 6.12. The lowest BCUT2D eigenvalue weighted by Gasteiger charge is -2.08. The van der Waals surface area contributed by atoms with Crippen LogP contribution in [-0.2, 0) is 0 Å². The molecule has 7 heteroatoms. The van der Waals surface area contributed by atoms with Crippen molar-refractivity contribution in [3.8, 4) is 11.5 Å². The Morgan fingerprint density at radius 1 is 1.03 bits per heavy atom. The smallest absolute Gasteiger partial charge is 0.257 e. The fraction of sp³-hybridized carbons (Fsp3) is 0.125. The zero-order valence-electron chi connectivity index (χ0n) is 17.3. The number of benzene rings is 2. The number of nitrogens with zero attached hydrogens (tertiary/aromatic N) is 1. The molecule has 1 N–H and O–H groups in total. The number of nitrogens with one attached hydrogen (secondary N) is 1. The predicted molar refractivity (Wildman–Crippen MR) is 116 cm³/mol. The number of pyridine rings is 1. The lowest BCUT2D eigenvalue weighted by atomic mass is 10.0. The number of hydrogen-bond acceptors (Lipinski definition) is 6. The van der Waals surface area contributed by atoms with Crippen molar-refractivity contribution in [2.45, 2.75) is 6.92 Å². The average molecular weight is 416 g/mol. The highest BCUT2D eigenvalue weighted by Crippen LogP contribution is 2.32. The predicted octanol–water partition coefficient (Wildman–Crippen LogP) is 4.64. The van der Waals surface area contributed by atoms with Crippen LogP contribution in [0, 0.1) is 6.92 Å². The van der Waals surface area contributed by atoms with Crippen molar-refractivity contribution >= 4 is 28.3 Å². The van der Waals surface area contributed by atoms with E-state index < -0.39 is 0 Å². The molecule has 2 heterocycles. The molecule has 2 aromatic heterocycles. The van der Waals surface area contributed by atoms with Crippen LogP contribution in [0.5, 0.6) is 11.5 Å². The van der Waals surface area contributed by atoms with Gasteiger partial charge < -0.3 is 19.2 Å². The number of rotatable bonds is 6. The first-order valence-electron chi connectivity index (χ1n) is 9.53. The van der Waals surface area contributed by atoms with Gasteiger partial charge in [-0.25, -0.2) is 0 Å². The van der Waals surface area contributed by atoms with E-state index in [1.165, 1.54) is 20.4 Å². The number of aromatic nitrogens is 1. The monoisotopic (exact) mass is 416 g/mol. The number of methoxy groups -OCH3 is 2. The van der Waals surface area contributed by atoms with Gasteiger partial charge in [-0.2, -0.15) is 0 Å². The molecule has 0 fully saturated rings. The molecule has 4 rings (SSSR count). The molecule has 0 unspecified atom stereocenters. The van der Waals surface area contributed by atoms with Crippen LogP contribution in [0.3, 0.4) is 0 Å². The standard InChI is InChI=1S/C24H20N2O5/c1-14-18-8-6-16(26-24(28)15-5-4-10-25-13-15)11-21(18)31-23(14)22(27)19-12-17(29-2)7-9-20(19)30-3/h4-13H,1-3H3,(H,26,28). The largest absolute Gasteiger partial charge is 0.497 e. The van der Waals surface area contributed by atoms with Gasteiger partial charge in [-0.3, -0.25) is 14.6 Å². The van der Waals surface area contributed by atoms with E-state index >= 15 is 0 Å². The Labute approximate surface area is 178 Å². The number of fused-ring (bicyclic) bond motifs is 1. The van der Waals surface area contributed by atoms with Crippen LogP contribution >= 0.6 is 0 Å². The van der Waals surface area contributed by atoms with Crippen LogP contribution in [0.4, 0.5) is 5.69 Å². The number of carbonyl (C=O) groups excluding carboxylic acids is 2. The van der Waals surface area contributed by atoms with E-state index in [2.05, 4.69) is 10.3 Å². The Morgan fingerprint density at radius 3 is 2.58 bits per heavy atom. The topological polar surface area (TPSA) is 90.7 Å². The van der Waals surface area contributed by atoms with Crippen molar-refractivity contribution in [3.05, 3.63) is 83.4 Å². The molecule has 1 amide bonds. The highest BCUT2D eigenvalue weighted by Gasteiger charge is 2.23. The van der Waals surface area contributed by atoms with Crippen molar-refractivity contribution in [1.29, 1.82) is 0 Å². The molecule has 0 saturated carbocycles. The normalized spacial score (nSPS) is 10.7. The Kier molecular flexibility index (Phi) is 5.41. The number of amides is 1. The van der Waals surface area contributed by atoms with Gasteiger partial charge in [0.05, 0.1) is 25.3 Å². The molecule has 0 aliphatic rings. The number of ether oxygens (including phenoxy) is 2. The average Bonchev–Trinajstić information content (AvgIpc) is 3.14. The summed E-state index contributed by atoms with van der Waals surface area (Å²) in [7, 11) is 3.03. The van der Waals surface area contributed by atoms with E-state index in [9.17, 15) is 9.59 Å². The molecule has 0 bridgehead atoms. The Hall–Kier alpha value is -4.13. The summed E-state index contributed by atoms with van der Waals surface area (Å²) in [6.07, 6.45) is 3.09. The Balaban J connectivity index is 1.68. The van der Waals surface area contributed by atoms with Crippen molar-refractivity contribution in [2.75, 3.05) is 19.5 Å². The minimum atomic E-state index is -0.314. The van der Waals surface area contributed by atoms with Crippen molar-refractivity contribution in [2.24, 2.45) is 0 Å². The van der Waals surface area contributed by atoms with Crippen LogP contribution in [-0.4, -0.2) is 30.9 Å². The summed E-state index contributed by atoms with van der Waals surface area (Å²) in [5, 5.41) is 3.59. The zero-order valence-corrected chi connectivity index (χ0v) is 17.3. The third-order valence-electron chi connectivity index (χ3n) is 4.98. The van der Waals surface area contributed by atoms with Crippen LogP contribution in [0.25, 0.3) is 11.0 Å². The molecule has 0 aliphatic heterocycles. The SMILES string of the molecule is COc1ccc(OC)c(C(=O)c2oc3cc(NC(=O)c4cccnc4)ccc3c2C)c1. The van der Waals surface area contributed by atoms with Crippen LogP contribution in [0.15, 0.2) is 65.3 Å². The second kappa shape index (κ2) is 8.31. The van der Waals surface area contributed by atoms with Gasteiger partial charge >= 0.3 is 0 Å². The summed E-state index contributed by atoms with van der Waals surface area (Å²) in [4.78, 5) is 29.6. The molecule has 0 radical (unpaired) electrons.